The number of likely N-dealkylation sites (tertiary alicyclic amines) is 2. The molecule has 2 aliphatic rings. The molecule has 3 heterocycles. The number of fused-ring (bicyclic) bond motifs is 1. The van der Waals surface area contributed by atoms with E-state index < -0.39 is 39.7 Å². The minimum atomic E-state index is -4.90. The van der Waals surface area contributed by atoms with E-state index in [2.05, 4.69) is 15.1 Å². The number of nitrogens with zero attached hydrogens (tertiary/aromatic N) is 3. The number of nitrogens with one attached hydrogen (secondary N) is 1. The molecule has 1 N–H and O–H groups in total. The summed E-state index contributed by atoms with van der Waals surface area (Å²) in [5.41, 5.74) is -0.703. The Kier molecular flexibility index (Phi) is 10.5. The molecule has 2 aliphatic heterocycles. The summed E-state index contributed by atoms with van der Waals surface area (Å²) in [6, 6.07) is 12.9. The first-order chi connectivity index (χ1) is 24.1. The Morgan fingerprint density at radius 3 is 2.12 bits per heavy atom. The van der Waals surface area contributed by atoms with Gasteiger partial charge in [-0.1, -0.05) is 48.9 Å². The van der Waals surface area contributed by atoms with Gasteiger partial charge in [-0.05, 0) is 87.8 Å². The van der Waals surface area contributed by atoms with Crippen molar-refractivity contribution in [3.05, 3.63) is 95.1 Å². The third kappa shape index (κ3) is 8.39. The Morgan fingerprint density at radius 1 is 0.882 bits per heavy atom. The second kappa shape index (κ2) is 14.5. The maximum atomic E-state index is 14.5. The van der Waals surface area contributed by atoms with Crippen LogP contribution in [0.3, 0.4) is 0 Å². The number of hydrogen-bond donors (Lipinski definition) is 1. The molecule has 0 saturated carbocycles. The number of rotatable bonds is 8. The lowest BCUT2D eigenvalue weighted by atomic mass is 9.93. The van der Waals surface area contributed by atoms with E-state index in [0.29, 0.717) is 19.1 Å². The molecule has 2 saturated heterocycles. The molecular formula is C37H38F6N4O3S. The van der Waals surface area contributed by atoms with Gasteiger partial charge in [0.05, 0.1) is 27.2 Å². The highest BCUT2D eigenvalue weighted by molar-refractivity contribution is 7.90. The van der Waals surface area contributed by atoms with Gasteiger partial charge in [0.15, 0.2) is 15.9 Å². The molecule has 1 atom stereocenters. The first-order valence-corrected chi connectivity index (χ1v) is 18.7. The number of benzene rings is 3. The molecular weight excluding hydrogens is 694 g/mol. The second-order valence-electron chi connectivity index (χ2n) is 13.3. The van der Waals surface area contributed by atoms with Crippen molar-refractivity contribution in [1.29, 1.82) is 0 Å². The van der Waals surface area contributed by atoms with Crippen LogP contribution in [0.5, 0.6) is 0 Å². The average molecular weight is 733 g/mol. The molecule has 6 rings (SSSR count). The fraction of sp³-hybridized carbons (Fsp3) is 0.405. The van der Waals surface area contributed by atoms with E-state index in [1.165, 1.54) is 61.0 Å². The van der Waals surface area contributed by atoms with Crippen molar-refractivity contribution < 1.29 is 39.6 Å². The molecule has 272 valence electrons. The molecule has 1 amide bonds. The Balaban J connectivity index is 1.50. The van der Waals surface area contributed by atoms with Crippen LogP contribution in [0.25, 0.3) is 22.2 Å². The average Bonchev–Trinajstić information content (AvgIpc) is 3.10. The highest BCUT2D eigenvalue weighted by Gasteiger charge is 2.43. The number of carbonyl (C=O) groups excluding carboxylic acids is 1. The van der Waals surface area contributed by atoms with Crippen molar-refractivity contribution in [2.75, 3.05) is 32.4 Å². The summed E-state index contributed by atoms with van der Waals surface area (Å²) in [6.07, 6.45) is -3.44. The van der Waals surface area contributed by atoms with Crippen LogP contribution in [0.1, 0.15) is 65.2 Å². The van der Waals surface area contributed by atoms with Crippen LogP contribution in [0.4, 0.5) is 26.3 Å². The summed E-state index contributed by atoms with van der Waals surface area (Å²) in [7, 11) is -3.83. The van der Waals surface area contributed by atoms with Gasteiger partial charge in [-0.25, -0.2) is 13.4 Å². The van der Waals surface area contributed by atoms with Crippen LogP contribution in [-0.4, -0.2) is 73.8 Å². The number of alkyl halides is 6. The Labute approximate surface area is 292 Å². The minimum Gasteiger partial charge on any atom is -0.337 e. The van der Waals surface area contributed by atoms with E-state index in [4.69, 9.17) is 4.98 Å². The first-order valence-electron chi connectivity index (χ1n) is 16.8. The number of aromatic nitrogens is 1. The van der Waals surface area contributed by atoms with Crippen molar-refractivity contribution in [3.8, 4) is 11.3 Å². The van der Waals surface area contributed by atoms with Gasteiger partial charge in [0.2, 0.25) is 0 Å². The topological polar surface area (TPSA) is 82.6 Å². The number of halogens is 6. The zero-order chi connectivity index (χ0) is 36.6. The van der Waals surface area contributed by atoms with Crippen LogP contribution in [0, 0.1) is 0 Å². The fourth-order valence-electron chi connectivity index (χ4n) is 7.13. The monoisotopic (exact) mass is 732 g/mol. The van der Waals surface area contributed by atoms with Crippen LogP contribution >= 0.6 is 0 Å². The smallest absolute Gasteiger partial charge is 0.337 e. The Hall–Kier alpha value is -4.01. The quantitative estimate of drug-likeness (QED) is 0.186. The third-order valence-electron chi connectivity index (χ3n) is 9.78. The van der Waals surface area contributed by atoms with Crippen LogP contribution < -0.4 is 5.32 Å². The van der Waals surface area contributed by atoms with Crippen molar-refractivity contribution in [2.24, 2.45) is 0 Å². The highest BCUT2D eigenvalue weighted by atomic mass is 32.2. The van der Waals surface area contributed by atoms with Crippen molar-refractivity contribution >= 4 is 26.6 Å². The van der Waals surface area contributed by atoms with Crippen molar-refractivity contribution in [2.45, 2.75) is 68.0 Å². The van der Waals surface area contributed by atoms with Gasteiger partial charge in [-0.3, -0.25) is 9.69 Å². The zero-order valence-corrected chi connectivity index (χ0v) is 28.7. The van der Waals surface area contributed by atoms with Crippen molar-refractivity contribution in [3.63, 3.8) is 0 Å². The van der Waals surface area contributed by atoms with Crippen LogP contribution in [0.2, 0.25) is 0 Å². The largest absolute Gasteiger partial charge is 0.416 e. The summed E-state index contributed by atoms with van der Waals surface area (Å²) in [5, 5.41) is 2.17. The van der Waals surface area contributed by atoms with Crippen LogP contribution in [-0.2, 0) is 22.6 Å². The molecule has 14 heteroatoms. The molecule has 0 bridgehead atoms. The first kappa shape index (κ1) is 36.8. The summed E-state index contributed by atoms with van der Waals surface area (Å²) in [4.78, 5) is 23.5. The standard InChI is InChI=1S/C37H38F6N4O3S/c1-51(49,50)28-14-15-31-29(22-28)32(35(48)45-34(37(41,42)43)25-8-4-2-5-9-25)30(33(44-31)24-10-12-26(13-11-24)36(38,39)40)23-46-20-16-27(17-21-46)47-18-6-3-7-19-47/h2,4-5,8-15,22,27,34H,3,6-7,16-21,23H2,1H3,(H,45,48)/t34-/m1/s1. The lowest BCUT2D eigenvalue weighted by Gasteiger charge is -2.40. The maximum absolute atomic E-state index is 14.5. The molecule has 3 aromatic carbocycles. The molecule has 51 heavy (non-hydrogen) atoms. The zero-order valence-electron chi connectivity index (χ0n) is 27.9. The molecule has 0 aliphatic carbocycles. The van der Waals surface area contributed by atoms with Gasteiger partial charge in [0, 0.05) is 35.4 Å². The number of sulfone groups is 1. The Bertz CT molecular complexity index is 1970. The van der Waals surface area contributed by atoms with Gasteiger partial charge in [-0.15, -0.1) is 0 Å². The van der Waals surface area contributed by atoms with E-state index in [1.54, 1.807) is 6.07 Å². The van der Waals surface area contributed by atoms with Gasteiger partial charge < -0.3 is 10.2 Å². The minimum absolute atomic E-state index is 0.0123. The molecule has 0 unspecified atom stereocenters. The van der Waals surface area contributed by atoms with E-state index in [9.17, 15) is 39.6 Å². The molecule has 4 aromatic rings. The van der Waals surface area contributed by atoms with Gasteiger partial charge in [0.25, 0.3) is 5.91 Å². The Morgan fingerprint density at radius 2 is 1.53 bits per heavy atom. The van der Waals surface area contributed by atoms with E-state index in [-0.39, 0.29) is 50.3 Å². The van der Waals surface area contributed by atoms with Crippen molar-refractivity contribution in [1.82, 2.24) is 20.1 Å². The maximum Gasteiger partial charge on any atom is 0.416 e. The predicted molar refractivity (Wildman–Crippen MR) is 182 cm³/mol. The third-order valence-corrected chi connectivity index (χ3v) is 10.9. The number of piperidine rings is 2. The molecule has 2 fully saturated rings. The van der Waals surface area contributed by atoms with E-state index >= 15 is 0 Å². The highest BCUT2D eigenvalue weighted by Crippen LogP contribution is 2.38. The summed E-state index contributed by atoms with van der Waals surface area (Å²) < 4.78 is 110. The van der Waals surface area contributed by atoms with E-state index in [0.717, 1.165) is 57.2 Å². The SMILES string of the molecule is CS(=O)(=O)c1ccc2nc(-c3ccc(C(F)(F)F)cc3)c(CN3CCC(N4CCCCC4)CC3)c(C(=O)N[C@H](c3ccccc3)C(F)(F)F)c2c1. The normalized spacial score (nSPS) is 17.8. The fourth-order valence-corrected chi connectivity index (χ4v) is 7.78. The molecule has 0 radical (unpaired) electrons. The lowest BCUT2D eigenvalue weighted by Crippen LogP contribution is -2.46. The predicted octanol–water partition coefficient (Wildman–Crippen LogP) is 7.81. The summed E-state index contributed by atoms with van der Waals surface area (Å²) >= 11 is 0. The second-order valence-corrected chi connectivity index (χ2v) is 15.3. The molecule has 0 spiro atoms. The molecule has 7 nitrogen and oxygen atoms in total. The lowest BCUT2D eigenvalue weighted by molar-refractivity contribution is -0.155. The van der Waals surface area contributed by atoms with E-state index in [1.807, 2.05) is 0 Å². The summed E-state index contributed by atoms with van der Waals surface area (Å²) in [5.74, 6) is -1.12. The number of carbonyl (C=O) groups is 1. The molecule has 1 aromatic heterocycles. The van der Waals surface area contributed by atoms with Gasteiger partial charge in [-0.2, -0.15) is 26.3 Å². The van der Waals surface area contributed by atoms with Crippen LogP contribution in [0.15, 0.2) is 77.7 Å². The number of hydrogen-bond acceptors (Lipinski definition) is 6. The number of amides is 1. The summed E-state index contributed by atoms with van der Waals surface area (Å²) in [6.45, 7) is 3.29. The van der Waals surface area contributed by atoms with Gasteiger partial charge in [0.1, 0.15) is 0 Å². The number of pyridine rings is 1. The van der Waals surface area contributed by atoms with Gasteiger partial charge >= 0.3 is 12.4 Å².